The van der Waals surface area contributed by atoms with Crippen molar-refractivity contribution in [1.82, 2.24) is 4.98 Å². The van der Waals surface area contributed by atoms with E-state index in [1.165, 1.54) is 41.4 Å². The molecule has 16 heavy (non-hydrogen) atoms. The van der Waals surface area contributed by atoms with E-state index in [0.717, 1.165) is 5.56 Å². The summed E-state index contributed by atoms with van der Waals surface area (Å²) in [4.78, 5) is 14.6. The fraction of sp³-hybridized carbons (Fsp3) is 0.357. The molecule has 1 aromatic carbocycles. The quantitative estimate of drug-likeness (QED) is 0.817. The molecule has 0 unspecified atom stereocenters. The third kappa shape index (κ3) is 1.45. The Hall–Kier alpha value is -1.57. The van der Waals surface area contributed by atoms with Crippen molar-refractivity contribution in [2.45, 2.75) is 32.6 Å². The average Bonchev–Trinajstić information content (AvgIpc) is 2.77. The van der Waals surface area contributed by atoms with Crippen LogP contribution in [-0.4, -0.2) is 10.8 Å². The van der Waals surface area contributed by atoms with Crippen LogP contribution in [0.2, 0.25) is 0 Å². The standard InChI is InChI=1S/C14H15NO/c1-9(16)7-10-5-6-14-12(8-10)11-3-2-4-13(11)15-14/h5-6,8,15H,2-4,7H2,1H3. The van der Waals surface area contributed by atoms with Crippen LogP contribution in [0.3, 0.4) is 0 Å². The van der Waals surface area contributed by atoms with Gasteiger partial charge >= 0.3 is 0 Å². The molecule has 0 fully saturated rings. The minimum Gasteiger partial charge on any atom is -0.358 e. The number of fused-ring (bicyclic) bond motifs is 3. The zero-order chi connectivity index (χ0) is 11.1. The molecule has 1 aliphatic rings. The van der Waals surface area contributed by atoms with E-state index in [1.54, 1.807) is 6.92 Å². The van der Waals surface area contributed by atoms with E-state index in [0.29, 0.717) is 6.42 Å². The van der Waals surface area contributed by atoms with E-state index < -0.39 is 0 Å². The largest absolute Gasteiger partial charge is 0.358 e. The molecular formula is C14H15NO. The van der Waals surface area contributed by atoms with Gasteiger partial charge in [-0.3, -0.25) is 4.79 Å². The van der Waals surface area contributed by atoms with E-state index in [4.69, 9.17) is 0 Å². The van der Waals surface area contributed by atoms with Crippen molar-refractivity contribution in [2.75, 3.05) is 0 Å². The number of ketones is 1. The zero-order valence-corrected chi connectivity index (χ0v) is 9.47. The first kappa shape index (κ1) is 9.64. The molecule has 0 atom stereocenters. The zero-order valence-electron chi connectivity index (χ0n) is 9.47. The smallest absolute Gasteiger partial charge is 0.134 e. The summed E-state index contributed by atoms with van der Waals surface area (Å²) in [7, 11) is 0. The van der Waals surface area contributed by atoms with Crippen LogP contribution >= 0.6 is 0 Å². The predicted octanol–water partition coefficient (Wildman–Crippen LogP) is 2.79. The molecule has 1 N–H and O–H groups in total. The normalized spacial score (nSPS) is 14.3. The van der Waals surface area contributed by atoms with E-state index in [1.807, 2.05) is 0 Å². The third-order valence-corrected chi connectivity index (χ3v) is 3.37. The highest BCUT2D eigenvalue weighted by molar-refractivity contribution is 5.87. The van der Waals surface area contributed by atoms with Crippen LogP contribution in [0.4, 0.5) is 0 Å². The lowest BCUT2D eigenvalue weighted by atomic mass is 10.0. The van der Waals surface area contributed by atoms with Crippen molar-refractivity contribution < 1.29 is 4.79 Å². The number of aromatic amines is 1. The summed E-state index contributed by atoms with van der Waals surface area (Å²) in [6, 6.07) is 6.33. The lowest BCUT2D eigenvalue weighted by molar-refractivity contribution is -0.116. The molecule has 0 bridgehead atoms. The minimum absolute atomic E-state index is 0.228. The van der Waals surface area contributed by atoms with E-state index in [9.17, 15) is 4.79 Å². The van der Waals surface area contributed by atoms with Crippen molar-refractivity contribution in [1.29, 1.82) is 0 Å². The fourth-order valence-corrected chi connectivity index (χ4v) is 2.69. The highest BCUT2D eigenvalue weighted by atomic mass is 16.1. The van der Waals surface area contributed by atoms with Crippen molar-refractivity contribution >= 4 is 16.7 Å². The topological polar surface area (TPSA) is 32.9 Å². The Morgan fingerprint density at radius 3 is 3.06 bits per heavy atom. The van der Waals surface area contributed by atoms with Gasteiger partial charge in [0.2, 0.25) is 0 Å². The second-order valence-corrected chi connectivity index (χ2v) is 4.69. The molecule has 0 saturated carbocycles. The number of hydrogen-bond acceptors (Lipinski definition) is 1. The summed E-state index contributed by atoms with van der Waals surface area (Å²) in [5, 5.41) is 1.33. The van der Waals surface area contributed by atoms with Gasteiger partial charge < -0.3 is 4.98 Å². The van der Waals surface area contributed by atoms with E-state index >= 15 is 0 Å². The molecule has 1 heterocycles. The summed E-state index contributed by atoms with van der Waals surface area (Å²) in [5.74, 6) is 0.228. The van der Waals surface area contributed by atoms with Crippen molar-refractivity contribution in [2.24, 2.45) is 0 Å². The van der Waals surface area contributed by atoms with Gasteiger partial charge in [-0.05, 0) is 49.4 Å². The van der Waals surface area contributed by atoms with Gasteiger partial charge in [0.1, 0.15) is 5.78 Å². The summed E-state index contributed by atoms with van der Waals surface area (Å²) < 4.78 is 0. The number of benzene rings is 1. The number of carbonyl (C=O) groups is 1. The lowest BCUT2D eigenvalue weighted by Crippen LogP contribution is -1.95. The molecule has 82 valence electrons. The van der Waals surface area contributed by atoms with Crippen LogP contribution in [0.5, 0.6) is 0 Å². The minimum atomic E-state index is 0.228. The first-order chi connectivity index (χ1) is 7.74. The first-order valence-corrected chi connectivity index (χ1v) is 5.86. The Kier molecular flexibility index (Phi) is 2.10. The molecular weight excluding hydrogens is 198 g/mol. The van der Waals surface area contributed by atoms with Crippen molar-refractivity contribution in [3.05, 3.63) is 35.0 Å². The number of aromatic nitrogens is 1. The average molecular weight is 213 g/mol. The highest BCUT2D eigenvalue weighted by Crippen LogP contribution is 2.30. The monoisotopic (exact) mass is 213 g/mol. The van der Waals surface area contributed by atoms with Crippen molar-refractivity contribution in [3.63, 3.8) is 0 Å². The Morgan fingerprint density at radius 1 is 1.38 bits per heavy atom. The number of nitrogens with one attached hydrogen (secondary N) is 1. The second-order valence-electron chi connectivity index (χ2n) is 4.69. The summed E-state index contributed by atoms with van der Waals surface area (Å²) in [6.45, 7) is 1.64. The van der Waals surface area contributed by atoms with Crippen LogP contribution in [0.15, 0.2) is 18.2 Å². The van der Waals surface area contributed by atoms with Gasteiger partial charge in [-0.25, -0.2) is 0 Å². The number of Topliss-reactive ketones (excluding diaryl/α,β-unsaturated/α-hetero) is 1. The van der Waals surface area contributed by atoms with Crippen LogP contribution < -0.4 is 0 Å². The molecule has 3 rings (SSSR count). The number of hydrogen-bond donors (Lipinski definition) is 1. The summed E-state index contributed by atoms with van der Waals surface area (Å²) >= 11 is 0. The van der Waals surface area contributed by atoms with Gasteiger partial charge in [0, 0.05) is 23.0 Å². The maximum Gasteiger partial charge on any atom is 0.134 e. The highest BCUT2D eigenvalue weighted by Gasteiger charge is 2.16. The molecule has 2 aromatic rings. The van der Waals surface area contributed by atoms with Gasteiger partial charge in [0.25, 0.3) is 0 Å². The number of rotatable bonds is 2. The Balaban J connectivity index is 2.12. The molecule has 0 radical (unpaired) electrons. The van der Waals surface area contributed by atoms with Crippen LogP contribution in [0, 0.1) is 0 Å². The lowest BCUT2D eigenvalue weighted by Gasteiger charge is -1.99. The Morgan fingerprint density at radius 2 is 2.25 bits per heavy atom. The number of aryl methyl sites for hydroxylation is 2. The van der Waals surface area contributed by atoms with Crippen LogP contribution in [0.25, 0.3) is 10.9 Å². The predicted molar refractivity (Wildman–Crippen MR) is 64.7 cm³/mol. The van der Waals surface area contributed by atoms with E-state index in [2.05, 4.69) is 23.2 Å². The molecule has 2 heteroatoms. The third-order valence-electron chi connectivity index (χ3n) is 3.37. The number of carbonyl (C=O) groups excluding carboxylic acids is 1. The van der Waals surface area contributed by atoms with Gasteiger partial charge in [-0.2, -0.15) is 0 Å². The summed E-state index contributed by atoms with van der Waals surface area (Å²) in [5.41, 5.74) is 5.22. The fourth-order valence-electron chi connectivity index (χ4n) is 2.69. The molecule has 0 saturated heterocycles. The van der Waals surface area contributed by atoms with Crippen LogP contribution in [0.1, 0.15) is 30.2 Å². The summed E-state index contributed by atoms with van der Waals surface area (Å²) in [6.07, 6.45) is 4.16. The Labute approximate surface area is 94.7 Å². The van der Waals surface area contributed by atoms with Crippen LogP contribution in [-0.2, 0) is 24.1 Å². The van der Waals surface area contributed by atoms with Gasteiger partial charge in [0.15, 0.2) is 0 Å². The van der Waals surface area contributed by atoms with Gasteiger partial charge in [-0.15, -0.1) is 0 Å². The SMILES string of the molecule is CC(=O)Cc1ccc2[nH]c3c(c2c1)CCC3. The van der Waals surface area contributed by atoms with Crippen molar-refractivity contribution in [3.8, 4) is 0 Å². The van der Waals surface area contributed by atoms with Gasteiger partial charge in [0.05, 0.1) is 0 Å². The number of H-pyrrole nitrogens is 1. The molecule has 0 spiro atoms. The second kappa shape index (κ2) is 3.48. The molecule has 2 nitrogen and oxygen atoms in total. The maximum absolute atomic E-state index is 11.1. The van der Waals surface area contributed by atoms with E-state index in [-0.39, 0.29) is 5.78 Å². The molecule has 0 aliphatic heterocycles. The van der Waals surface area contributed by atoms with Gasteiger partial charge in [-0.1, -0.05) is 6.07 Å². The molecule has 0 amide bonds. The molecule has 1 aliphatic carbocycles. The first-order valence-electron chi connectivity index (χ1n) is 5.86. The maximum atomic E-state index is 11.1. The molecule has 1 aromatic heterocycles. The Bertz CT molecular complexity index is 565.